The van der Waals surface area contributed by atoms with E-state index in [0.29, 0.717) is 20.9 Å². The summed E-state index contributed by atoms with van der Waals surface area (Å²) >= 11 is 18.1. The van der Waals surface area contributed by atoms with Gasteiger partial charge in [-0.05, 0) is 61.1 Å². The third-order valence-corrected chi connectivity index (χ3v) is 13.7. The maximum atomic E-state index is 14.4. The number of amides is 4. The lowest BCUT2D eigenvalue weighted by Crippen LogP contribution is -2.73. The number of nitrogens with zero attached hydrogens (tertiary/aromatic N) is 5. The lowest BCUT2D eigenvalue weighted by Gasteiger charge is -2.43. The number of fused-ring (bicyclic) bond motifs is 2. The predicted octanol–water partition coefficient (Wildman–Crippen LogP) is 1.54. The van der Waals surface area contributed by atoms with Crippen LogP contribution in [-0.4, -0.2) is 175 Å². The highest BCUT2D eigenvalue weighted by Gasteiger charge is 2.64. The molecule has 7 N–H and O–H groups in total. The SMILES string of the molecule is CN1C(=O)Nc2cc(CCl)c(Cl)cc2C1(C#CC1CC1)C(F)(F)F.CN1C(=O)Nc2cc(Cn3cncc(N)c3=O)c(Cl)cc2C1(C#CC1CC1)C(F)(F)F.Nc1ncc[nH]c1=O.[B][B]B([B])B(B([B])[B])B(B([B])[B])B([B])[B]. The van der Waals surface area contributed by atoms with Gasteiger partial charge in [0, 0.05) is 184 Å². The molecule has 0 bridgehead atoms. The van der Waals surface area contributed by atoms with Crippen molar-refractivity contribution in [2.45, 2.75) is 61.5 Å². The van der Waals surface area contributed by atoms with E-state index >= 15 is 0 Å². The van der Waals surface area contributed by atoms with Crippen molar-refractivity contribution in [1.82, 2.24) is 29.3 Å². The van der Waals surface area contributed by atoms with Gasteiger partial charge in [0.15, 0.2) is 5.82 Å². The molecule has 4 aromatic rings. The molecule has 17 radical (unpaired) electrons. The number of hydrogen-bond donors (Lipinski definition) is 5. The molecule has 2 aliphatic heterocycles. The Morgan fingerprint density at radius 3 is 1.58 bits per heavy atom. The van der Waals surface area contributed by atoms with Gasteiger partial charge >= 0.3 is 24.4 Å². The molecule has 38 heteroatoms. The summed E-state index contributed by atoms with van der Waals surface area (Å²) < 4.78 is 86.7. The first-order valence-electron chi connectivity index (χ1n) is 23.3. The Labute approximate surface area is 475 Å². The highest BCUT2D eigenvalue weighted by atomic mass is 35.5. The molecule has 2 saturated carbocycles. The van der Waals surface area contributed by atoms with Crippen molar-refractivity contribution < 1.29 is 35.9 Å². The Morgan fingerprint density at radius 2 is 1.21 bits per heavy atom. The van der Waals surface area contributed by atoms with Crippen molar-refractivity contribution in [3.05, 3.63) is 102 Å². The molecule has 0 saturated heterocycles. The largest absolute Gasteiger partial charge is 0.427 e. The number of nitrogens with two attached hydrogens (primary N) is 2. The summed E-state index contributed by atoms with van der Waals surface area (Å²) in [6.45, 7) is -0.0958. The zero-order valence-corrected chi connectivity index (χ0v) is 43.9. The van der Waals surface area contributed by atoms with Crippen LogP contribution in [0.25, 0.3) is 0 Å². The van der Waals surface area contributed by atoms with Crippen molar-refractivity contribution in [3.63, 3.8) is 0 Å². The fourth-order valence-corrected chi connectivity index (χ4v) is 8.87. The molecule has 4 aliphatic rings. The fraction of sp³-hybridized carbons (Fsp3) is 0.350. The van der Waals surface area contributed by atoms with Crippen LogP contribution in [0.4, 0.5) is 58.8 Å². The number of carbonyl (C=O) groups excluding carboxylic acids is 2. The number of aromatic amines is 1. The van der Waals surface area contributed by atoms with E-state index in [4.69, 9.17) is 108 Å². The molecule has 2 aromatic heterocycles. The van der Waals surface area contributed by atoms with E-state index in [2.05, 4.69) is 49.3 Å². The van der Waals surface area contributed by atoms with Gasteiger partial charge in [-0.25, -0.2) is 19.6 Å². The molecule has 2 fully saturated rings. The van der Waals surface area contributed by atoms with Crippen LogP contribution in [-0.2, 0) is 23.5 Å². The van der Waals surface area contributed by atoms with Gasteiger partial charge in [0.1, 0.15) is 5.69 Å². The number of hydrogen-bond acceptors (Lipinski definition) is 8. The quantitative estimate of drug-likeness (QED) is 0.0721. The average Bonchev–Trinajstić information content (AvgIpc) is 4.38. The number of halogens is 9. The van der Waals surface area contributed by atoms with Crippen LogP contribution in [0.15, 0.2) is 58.8 Å². The Morgan fingerprint density at radius 1 is 0.756 bits per heavy atom. The number of urea groups is 2. The first kappa shape index (κ1) is 63.7. The van der Waals surface area contributed by atoms with Gasteiger partial charge in [0.05, 0.1) is 19.1 Å². The summed E-state index contributed by atoms with van der Waals surface area (Å²) in [6, 6.07) is 3.19. The van der Waals surface area contributed by atoms with Crippen LogP contribution in [0, 0.1) is 35.5 Å². The minimum atomic E-state index is -4.88. The third-order valence-electron chi connectivity index (χ3n) is 12.7. The Hall–Kier alpha value is -5.12. The summed E-state index contributed by atoms with van der Waals surface area (Å²) in [6.07, 6.45) is -5.15. The number of H-pyrrole nitrogens is 1. The van der Waals surface area contributed by atoms with E-state index in [1.807, 2.05) is 0 Å². The lowest BCUT2D eigenvalue weighted by molar-refractivity contribution is -0.204. The number of carbonyl (C=O) groups is 2. The zero-order chi connectivity index (χ0) is 58.4. The minimum Gasteiger partial charge on any atom is -0.393 e. The molecule has 377 valence electrons. The molecule has 78 heavy (non-hydrogen) atoms. The Balaban J connectivity index is 0.000000211. The van der Waals surface area contributed by atoms with E-state index in [1.54, 1.807) is 0 Å². The number of anilines is 4. The maximum Gasteiger partial charge on any atom is 0.427 e. The molecule has 2 unspecified atom stereocenters. The van der Waals surface area contributed by atoms with Gasteiger partial charge in [-0.3, -0.25) is 24.0 Å². The second kappa shape index (κ2) is 26.0. The molecule has 2 aromatic carbocycles. The van der Waals surface area contributed by atoms with Crippen LogP contribution in [0.1, 0.15) is 47.9 Å². The standard InChI is InChI=1S/C20H17ClF3N5O2.C16H13Cl2F3N2O.C4H5N3O.B15/c1-28-18(31)27-16-6-12(9-29-10-26-8-15(25)17(29)30)14(21)7-13(16)19(28,20(22,23)24)5-4-11-2-3-11;1-23-14(24)22-13-6-10(8-17)12(18)7-11(13)15(23,16(19,20)21)5-4-9-2-3-9;5-3-4(8)7-2-1-6-3;1-9-13(8)15(12(6)7)14(10(2)3)11(4)5/h6-8,10-11H,2-3,9,25H2,1H3,(H,27,31);6-7,9H,2-3,8H2,1H3,(H,22,24);1-2H,(H2,5,6)(H,7,8);. The molecule has 2 atom stereocenters. The Bertz CT molecular complexity index is 3100. The van der Waals surface area contributed by atoms with Crippen molar-refractivity contribution >= 4 is 177 Å². The topological polar surface area (TPSA) is 197 Å². The number of aromatic nitrogens is 4. The number of nitrogen functional groups attached to an aromatic ring is 2. The molecule has 2 aliphatic carbocycles. The van der Waals surface area contributed by atoms with E-state index in [9.17, 15) is 45.5 Å². The highest BCUT2D eigenvalue weighted by molar-refractivity contribution is 8.12. The second-order valence-electron chi connectivity index (χ2n) is 18.3. The first-order valence-corrected chi connectivity index (χ1v) is 24.6. The molecular weight excluding hydrogens is 1070 g/mol. The zero-order valence-electron chi connectivity index (χ0n) is 41.6. The monoisotopic (exact) mass is 1100 g/mol. The van der Waals surface area contributed by atoms with Crippen molar-refractivity contribution in [2.24, 2.45) is 11.8 Å². The second-order valence-corrected chi connectivity index (χ2v) is 19.4. The smallest absolute Gasteiger partial charge is 0.393 e. The molecule has 14 nitrogen and oxygen atoms in total. The van der Waals surface area contributed by atoms with E-state index in [-0.39, 0.29) is 73.9 Å². The first-order chi connectivity index (χ1) is 36.4. The van der Waals surface area contributed by atoms with Gasteiger partial charge in [-0.15, -0.1) is 11.6 Å². The summed E-state index contributed by atoms with van der Waals surface area (Å²) in [5.41, 5.74) is 4.35. The van der Waals surface area contributed by atoms with Crippen LogP contribution in [0.2, 0.25) is 10.0 Å². The van der Waals surface area contributed by atoms with Crippen LogP contribution < -0.4 is 33.2 Å². The van der Waals surface area contributed by atoms with Crippen molar-refractivity contribution in [1.29, 1.82) is 0 Å². The van der Waals surface area contributed by atoms with Gasteiger partial charge in [0.2, 0.25) is 11.1 Å². The number of benzene rings is 2. The summed E-state index contributed by atoms with van der Waals surface area (Å²) in [5, 5.41) is 4.99. The van der Waals surface area contributed by atoms with Gasteiger partial charge in [0.25, 0.3) is 11.1 Å². The van der Waals surface area contributed by atoms with Gasteiger partial charge in [-0.2, -0.15) is 26.3 Å². The van der Waals surface area contributed by atoms with E-state index in [0.717, 1.165) is 45.8 Å². The molecular formula is C40H35B15Cl3F6N10O4. The van der Waals surface area contributed by atoms with Crippen molar-refractivity contribution in [3.8, 4) is 23.7 Å². The summed E-state index contributed by atoms with van der Waals surface area (Å²) in [7, 11) is 47.9. The third kappa shape index (κ3) is 14.2. The van der Waals surface area contributed by atoms with Crippen LogP contribution >= 0.6 is 34.8 Å². The van der Waals surface area contributed by atoms with Crippen molar-refractivity contribution in [2.75, 3.05) is 36.2 Å². The number of nitrogens with one attached hydrogen (secondary N) is 3. The highest BCUT2D eigenvalue weighted by Crippen LogP contribution is 2.51. The van der Waals surface area contributed by atoms with E-state index < -0.39 is 79.4 Å². The normalized spacial score (nSPS) is 17.9. The molecule has 8 rings (SSSR count). The molecule has 4 heterocycles. The van der Waals surface area contributed by atoms with Crippen LogP contribution in [0.3, 0.4) is 0 Å². The Kier molecular flexibility index (Phi) is 21.2. The maximum absolute atomic E-state index is 14.4. The van der Waals surface area contributed by atoms with E-state index in [1.165, 1.54) is 54.7 Å². The number of alkyl halides is 7. The average molecular weight is 1100 g/mol. The fourth-order valence-electron chi connectivity index (χ4n) is 8.12. The lowest BCUT2D eigenvalue weighted by atomic mass is 8.46. The minimum absolute atomic E-state index is 0.00694. The summed E-state index contributed by atoms with van der Waals surface area (Å²) in [4.78, 5) is 58.0. The molecule has 0 spiro atoms. The van der Waals surface area contributed by atoms with Gasteiger partial charge < -0.3 is 27.1 Å². The summed E-state index contributed by atoms with van der Waals surface area (Å²) in [5.74, 6) is 9.84. The predicted molar refractivity (Wildman–Crippen MR) is 310 cm³/mol. The molecule has 4 amide bonds. The van der Waals surface area contributed by atoms with Crippen LogP contribution in [0.5, 0.6) is 0 Å². The number of rotatable bonds is 9. The van der Waals surface area contributed by atoms with Gasteiger partial charge in [-0.1, -0.05) is 46.9 Å².